The highest BCUT2D eigenvalue weighted by Crippen LogP contribution is 2.23. The highest BCUT2D eigenvalue weighted by atomic mass is 16.5. The van der Waals surface area contributed by atoms with Gasteiger partial charge in [0.15, 0.2) is 6.04 Å². The summed E-state index contributed by atoms with van der Waals surface area (Å²) in [6, 6.07) is 7.07. The lowest BCUT2D eigenvalue weighted by Gasteiger charge is -2.23. The van der Waals surface area contributed by atoms with Gasteiger partial charge in [0.05, 0.1) is 6.10 Å². The molecule has 1 aromatic carbocycles. The monoisotopic (exact) mass is 265 g/mol. The number of nitrogens with one attached hydrogen (secondary N) is 1. The fraction of sp³-hybridized carbons (Fsp3) is 0.533. The molecule has 0 aromatic heterocycles. The Kier molecular flexibility index (Phi) is 4.95. The van der Waals surface area contributed by atoms with Crippen LogP contribution in [-0.4, -0.2) is 30.3 Å². The number of carboxylic acid groups (broad SMARTS) is 1. The van der Waals surface area contributed by atoms with Gasteiger partial charge in [0.25, 0.3) is 0 Å². The lowest BCUT2D eigenvalue weighted by Crippen LogP contribution is -2.40. The standard InChI is InChI=1S/C15H23NO3/c1-10(19-5)13(14(17)18)16-12-8-6-11(7-9-12)15(2,3)4/h6-10,13,16H,1-5H3,(H,17,18). The van der Waals surface area contributed by atoms with Gasteiger partial charge in [0.2, 0.25) is 0 Å². The molecule has 1 rings (SSSR count). The number of benzene rings is 1. The molecule has 0 saturated heterocycles. The minimum Gasteiger partial charge on any atom is -0.480 e. The molecule has 0 heterocycles. The topological polar surface area (TPSA) is 58.6 Å². The van der Waals surface area contributed by atoms with Crippen LogP contribution in [-0.2, 0) is 14.9 Å². The maximum absolute atomic E-state index is 11.2. The summed E-state index contributed by atoms with van der Waals surface area (Å²) in [5, 5.41) is 12.2. The van der Waals surface area contributed by atoms with E-state index in [-0.39, 0.29) is 5.41 Å². The first-order chi connectivity index (χ1) is 8.75. The lowest BCUT2D eigenvalue weighted by molar-refractivity contribution is -0.140. The number of aliphatic carboxylic acids is 1. The minimum atomic E-state index is -0.922. The number of ether oxygens (including phenoxy) is 1. The van der Waals surface area contributed by atoms with E-state index < -0.39 is 18.1 Å². The molecule has 1 aromatic rings. The number of hydrogen-bond acceptors (Lipinski definition) is 3. The Balaban J connectivity index is 2.84. The first-order valence-corrected chi connectivity index (χ1v) is 6.38. The summed E-state index contributed by atoms with van der Waals surface area (Å²) < 4.78 is 5.08. The molecule has 0 aliphatic carbocycles. The van der Waals surface area contributed by atoms with E-state index in [1.54, 1.807) is 6.92 Å². The molecule has 0 aliphatic rings. The SMILES string of the molecule is COC(C)C(Nc1ccc(C(C)(C)C)cc1)C(=O)O. The molecule has 2 N–H and O–H groups in total. The molecule has 0 saturated carbocycles. The zero-order valence-electron chi connectivity index (χ0n) is 12.2. The van der Waals surface area contributed by atoms with Gasteiger partial charge in [0.1, 0.15) is 0 Å². The molecule has 0 radical (unpaired) electrons. The van der Waals surface area contributed by atoms with Crippen LogP contribution in [0, 0.1) is 0 Å². The van der Waals surface area contributed by atoms with Gasteiger partial charge in [-0.05, 0) is 30.0 Å². The Labute approximate surface area is 114 Å². The van der Waals surface area contributed by atoms with Crippen LogP contribution in [0.25, 0.3) is 0 Å². The van der Waals surface area contributed by atoms with Crippen molar-refractivity contribution in [1.29, 1.82) is 0 Å². The zero-order valence-corrected chi connectivity index (χ0v) is 12.2. The molecule has 2 unspecified atom stereocenters. The van der Waals surface area contributed by atoms with E-state index in [0.717, 1.165) is 5.69 Å². The summed E-state index contributed by atoms with van der Waals surface area (Å²) >= 11 is 0. The van der Waals surface area contributed by atoms with E-state index in [1.165, 1.54) is 12.7 Å². The smallest absolute Gasteiger partial charge is 0.328 e. The van der Waals surface area contributed by atoms with Crippen molar-refractivity contribution in [3.8, 4) is 0 Å². The van der Waals surface area contributed by atoms with Crippen molar-refractivity contribution in [2.75, 3.05) is 12.4 Å². The number of methoxy groups -OCH3 is 1. The minimum absolute atomic E-state index is 0.0878. The van der Waals surface area contributed by atoms with Gasteiger partial charge in [-0.25, -0.2) is 4.79 Å². The van der Waals surface area contributed by atoms with Gasteiger partial charge >= 0.3 is 5.97 Å². The average Bonchev–Trinajstić information content (AvgIpc) is 2.34. The van der Waals surface area contributed by atoms with E-state index in [1.807, 2.05) is 24.3 Å². The van der Waals surface area contributed by atoms with E-state index >= 15 is 0 Å². The molecule has 4 nitrogen and oxygen atoms in total. The lowest BCUT2D eigenvalue weighted by atomic mass is 9.87. The zero-order chi connectivity index (χ0) is 14.6. The van der Waals surface area contributed by atoms with Crippen molar-refractivity contribution >= 4 is 11.7 Å². The number of hydrogen-bond donors (Lipinski definition) is 2. The van der Waals surface area contributed by atoms with Gasteiger partial charge in [-0.2, -0.15) is 0 Å². The van der Waals surface area contributed by atoms with Crippen molar-refractivity contribution in [2.45, 2.75) is 45.3 Å². The molecule has 4 heteroatoms. The largest absolute Gasteiger partial charge is 0.480 e. The van der Waals surface area contributed by atoms with Crippen molar-refractivity contribution in [3.63, 3.8) is 0 Å². The summed E-state index contributed by atoms with van der Waals surface area (Å²) in [5.41, 5.74) is 2.08. The third-order valence-corrected chi connectivity index (χ3v) is 3.18. The van der Waals surface area contributed by atoms with E-state index in [0.29, 0.717) is 0 Å². The van der Waals surface area contributed by atoms with E-state index in [4.69, 9.17) is 4.74 Å². The van der Waals surface area contributed by atoms with Crippen molar-refractivity contribution < 1.29 is 14.6 Å². The van der Waals surface area contributed by atoms with Crippen LogP contribution >= 0.6 is 0 Å². The average molecular weight is 265 g/mol. The van der Waals surface area contributed by atoms with Gasteiger partial charge in [0, 0.05) is 12.8 Å². The highest BCUT2D eigenvalue weighted by Gasteiger charge is 2.24. The number of anilines is 1. The predicted molar refractivity (Wildman–Crippen MR) is 76.7 cm³/mol. The first-order valence-electron chi connectivity index (χ1n) is 6.38. The van der Waals surface area contributed by atoms with Crippen LogP contribution in [0.2, 0.25) is 0 Å². The summed E-state index contributed by atoms with van der Waals surface area (Å²) in [6.07, 6.45) is -0.403. The van der Waals surface area contributed by atoms with Gasteiger partial charge in [-0.15, -0.1) is 0 Å². The summed E-state index contributed by atoms with van der Waals surface area (Å²) in [5.74, 6) is -0.922. The third kappa shape index (κ3) is 4.24. The second-order valence-electron chi connectivity index (χ2n) is 5.73. The molecule has 19 heavy (non-hydrogen) atoms. The van der Waals surface area contributed by atoms with Gasteiger partial charge in [-0.1, -0.05) is 32.9 Å². The van der Waals surface area contributed by atoms with Crippen molar-refractivity contribution in [1.82, 2.24) is 0 Å². The van der Waals surface area contributed by atoms with Crippen LogP contribution in [0.1, 0.15) is 33.3 Å². The summed E-state index contributed by atoms with van der Waals surface area (Å²) in [7, 11) is 1.50. The molecule has 0 aliphatic heterocycles. The molecule has 0 spiro atoms. The highest BCUT2D eigenvalue weighted by molar-refractivity contribution is 5.78. The molecule has 0 bridgehead atoms. The number of rotatable bonds is 5. The van der Waals surface area contributed by atoms with Crippen LogP contribution < -0.4 is 5.32 Å². The molecule has 0 fully saturated rings. The molecular weight excluding hydrogens is 242 g/mol. The van der Waals surface area contributed by atoms with Crippen LogP contribution in [0.3, 0.4) is 0 Å². The maximum Gasteiger partial charge on any atom is 0.328 e. The Morgan fingerprint density at radius 1 is 1.26 bits per heavy atom. The van der Waals surface area contributed by atoms with Crippen LogP contribution in [0.15, 0.2) is 24.3 Å². The Morgan fingerprint density at radius 3 is 2.16 bits per heavy atom. The molecule has 0 amide bonds. The molecule has 106 valence electrons. The van der Waals surface area contributed by atoms with E-state index in [2.05, 4.69) is 26.1 Å². The van der Waals surface area contributed by atoms with Crippen molar-refractivity contribution in [3.05, 3.63) is 29.8 Å². The van der Waals surface area contributed by atoms with Crippen molar-refractivity contribution in [2.24, 2.45) is 0 Å². The first kappa shape index (κ1) is 15.5. The normalized spacial score (nSPS) is 14.8. The fourth-order valence-corrected chi connectivity index (χ4v) is 1.76. The van der Waals surface area contributed by atoms with Crippen LogP contribution in [0.4, 0.5) is 5.69 Å². The van der Waals surface area contributed by atoms with Gasteiger partial charge < -0.3 is 15.2 Å². The second kappa shape index (κ2) is 6.06. The number of carboxylic acids is 1. The Morgan fingerprint density at radius 2 is 1.79 bits per heavy atom. The fourth-order valence-electron chi connectivity index (χ4n) is 1.76. The molecular formula is C15H23NO3. The van der Waals surface area contributed by atoms with Crippen LogP contribution in [0.5, 0.6) is 0 Å². The maximum atomic E-state index is 11.2. The number of carbonyl (C=O) groups is 1. The summed E-state index contributed by atoms with van der Waals surface area (Å²) in [6.45, 7) is 8.16. The second-order valence-corrected chi connectivity index (χ2v) is 5.73. The van der Waals surface area contributed by atoms with Gasteiger partial charge in [-0.3, -0.25) is 0 Å². The quantitative estimate of drug-likeness (QED) is 0.859. The Hall–Kier alpha value is -1.55. The molecule has 2 atom stereocenters. The summed E-state index contributed by atoms with van der Waals surface area (Å²) in [4.78, 5) is 11.2. The predicted octanol–water partition coefficient (Wildman–Crippen LogP) is 2.88. The Bertz CT molecular complexity index is 420. The van der Waals surface area contributed by atoms with E-state index in [9.17, 15) is 9.90 Å². The third-order valence-electron chi connectivity index (χ3n) is 3.18.